The van der Waals surface area contributed by atoms with Crippen molar-refractivity contribution in [1.29, 1.82) is 0 Å². The lowest BCUT2D eigenvalue weighted by Gasteiger charge is -2.14. The maximum absolute atomic E-state index is 11.8. The molecule has 4 amide bonds. The van der Waals surface area contributed by atoms with Gasteiger partial charge in [-0.05, 0) is 12.1 Å². The monoisotopic (exact) mass is 334 g/mol. The first-order valence-corrected chi connectivity index (χ1v) is 7.90. The lowest BCUT2D eigenvalue weighted by molar-refractivity contribution is -0.123. The van der Waals surface area contributed by atoms with Gasteiger partial charge >= 0.3 is 6.03 Å². The molecule has 2 rings (SSSR count). The first kappa shape index (κ1) is 17.6. The van der Waals surface area contributed by atoms with Crippen LogP contribution < -0.4 is 20.7 Å². The minimum Gasteiger partial charge on any atom is -0.484 e. The smallest absolute Gasteiger partial charge is 0.317 e. The third kappa shape index (κ3) is 5.45. The summed E-state index contributed by atoms with van der Waals surface area (Å²) in [5.74, 6) is 0.145. The van der Waals surface area contributed by atoms with Crippen LogP contribution >= 0.6 is 0 Å². The number of carbonyl (C=O) groups is 3. The average molecular weight is 334 g/mol. The maximum atomic E-state index is 11.8. The zero-order valence-electron chi connectivity index (χ0n) is 13.6. The molecule has 0 spiro atoms. The molecule has 8 nitrogen and oxygen atoms in total. The van der Waals surface area contributed by atoms with Gasteiger partial charge < -0.3 is 25.6 Å². The minimum absolute atomic E-state index is 0.0872. The van der Waals surface area contributed by atoms with Crippen LogP contribution in [0.1, 0.15) is 13.3 Å². The molecule has 0 aromatic heterocycles. The van der Waals surface area contributed by atoms with Gasteiger partial charge in [-0.3, -0.25) is 9.59 Å². The first-order valence-electron chi connectivity index (χ1n) is 7.90. The Morgan fingerprint density at radius 2 is 2.17 bits per heavy atom. The molecule has 0 atom stereocenters. The molecule has 0 unspecified atom stereocenters. The van der Waals surface area contributed by atoms with Gasteiger partial charge in [-0.1, -0.05) is 13.0 Å². The summed E-state index contributed by atoms with van der Waals surface area (Å²) in [5.41, 5.74) is 0.625. The summed E-state index contributed by atoms with van der Waals surface area (Å²) < 4.78 is 5.41. The van der Waals surface area contributed by atoms with E-state index in [0.29, 0.717) is 44.0 Å². The van der Waals surface area contributed by atoms with Gasteiger partial charge in [0.25, 0.3) is 5.91 Å². The molecule has 130 valence electrons. The Labute approximate surface area is 140 Å². The molecule has 3 N–H and O–H groups in total. The van der Waals surface area contributed by atoms with Crippen molar-refractivity contribution in [2.75, 3.05) is 38.1 Å². The van der Waals surface area contributed by atoms with Gasteiger partial charge in [0, 0.05) is 44.4 Å². The number of nitrogens with one attached hydrogen (secondary N) is 3. The van der Waals surface area contributed by atoms with Crippen LogP contribution in [0.15, 0.2) is 24.3 Å². The Morgan fingerprint density at radius 1 is 1.33 bits per heavy atom. The fourth-order valence-electron chi connectivity index (χ4n) is 2.17. The Balaban J connectivity index is 1.70. The van der Waals surface area contributed by atoms with Crippen LogP contribution in [0.2, 0.25) is 0 Å². The summed E-state index contributed by atoms with van der Waals surface area (Å²) in [6.45, 7) is 3.78. The van der Waals surface area contributed by atoms with Crippen LogP contribution in [0, 0.1) is 0 Å². The molecule has 0 bridgehead atoms. The largest absolute Gasteiger partial charge is 0.484 e. The van der Waals surface area contributed by atoms with Crippen molar-refractivity contribution in [3.8, 4) is 5.75 Å². The highest BCUT2D eigenvalue weighted by Crippen LogP contribution is 2.17. The number of amides is 4. The Hall–Kier alpha value is -2.77. The van der Waals surface area contributed by atoms with Gasteiger partial charge in [-0.25, -0.2) is 4.79 Å². The van der Waals surface area contributed by atoms with Crippen molar-refractivity contribution in [2.24, 2.45) is 0 Å². The zero-order chi connectivity index (χ0) is 17.4. The van der Waals surface area contributed by atoms with E-state index >= 15 is 0 Å². The minimum atomic E-state index is -0.266. The molecule has 1 aliphatic rings. The SMILES string of the molecule is CCC(=O)Nc1cccc(OCC(=O)NCCN2CCNC2=O)c1. The van der Waals surface area contributed by atoms with Crippen LogP contribution in [0.25, 0.3) is 0 Å². The third-order valence-electron chi connectivity index (χ3n) is 3.46. The predicted octanol–water partition coefficient (Wildman–Crippen LogP) is 0.555. The summed E-state index contributed by atoms with van der Waals surface area (Å²) in [5, 5.41) is 8.12. The van der Waals surface area contributed by atoms with Crippen molar-refractivity contribution >= 4 is 23.5 Å². The molecule has 0 aliphatic carbocycles. The van der Waals surface area contributed by atoms with Crippen LogP contribution in [-0.4, -0.2) is 55.5 Å². The molecule has 1 heterocycles. The average Bonchev–Trinajstić information content (AvgIpc) is 2.98. The van der Waals surface area contributed by atoms with Crippen molar-refractivity contribution < 1.29 is 19.1 Å². The molecular formula is C16H22N4O4. The fourth-order valence-corrected chi connectivity index (χ4v) is 2.17. The molecule has 0 saturated carbocycles. The van der Waals surface area contributed by atoms with Crippen molar-refractivity contribution in [2.45, 2.75) is 13.3 Å². The second kappa shape index (κ2) is 8.76. The van der Waals surface area contributed by atoms with Gasteiger partial charge in [0.05, 0.1) is 0 Å². The molecule has 8 heteroatoms. The van der Waals surface area contributed by atoms with Gasteiger partial charge in [-0.15, -0.1) is 0 Å². The number of hydrogen-bond acceptors (Lipinski definition) is 4. The number of anilines is 1. The van der Waals surface area contributed by atoms with Crippen molar-refractivity contribution in [3.05, 3.63) is 24.3 Å². The maximum Gasteiger partial charge on any atom is 0.317 e. The number of rotatable bonds is 8. The van der Waals surface area contributed by atoms with E-state index in [-0.39, 0.29) is 24.5 Å². The Bertz CT molecular complexity index is 605. The van der Waals surface area contributed by atoms with Gasteiger partial charge in [-0.2, -0.15) is 0 Å². The third-order valence-corrected chi connectivity index (χ3v) is 3.46. The van der Waals surface area contributed by atoms with Gasteiger partial charge in [0.2, 0.25) is 5.91 Å². The quantitative estimate of drug-likeness (QED) is 0.646. The van der Waals surface area contributed by atoms with E-state index in [2.05, 4.69) is 16.0 Å². The molecular weight excluding hydrogens is 312 g/mol. The number of benzene rings is 1. The second-order valence-corrected chi connectivity index (χ2v) is 5.29. The van der Waals surface area contributed by atoms with Gasteiger partial charge in [0.15, 0.2) is 6.61 Å². The number of urea groups is 1. The van der Waals surface area contributed by atoms with Crippen LogP contribution in [0.4, 0.5) is 10.5 Å². The number of hydrogen-bond donors (Lipinski definition) is 3. The normalized spacial score (nSPS) is 13.4. The van der Waals surface area contributed by atoms with E-state index in [1.807, 2.05) is 0 Å². The highest BCUT2D eigenvalue weighted by Gasteiger charge is 2.18. The molecule has 1 saturated heterocycles. The molecule has 1 aromatic rings. The second-order valence-electron chi connectivity index (χ2n) is 5.29. The number of carbonyl (C=O) groups excluding carboxylic acids is 3. The molecule has 1 aliphatic heterocycles. The summed E-state index contributed by atoms with van der Waals surface area (Å²) in [6.07, 6.45) is 0.391. The van der Waals surface area contributed by atoms with E-state index in [4.69, 9.17) is 4.74 Å². The van der Waals surface area contributed by atoms with Crippen LogP contribution in [0.3, 0.4) is 0 Å². The van der Waals surface area contributed by atoms with Crippen molar-refractivity contribution in [3.63, 3.8) is 0 Å². The van der Waals surface area contributed by atoms with E-state index in [1.54, 1.807) is 36.1 Å². The van der Waals surface area contributed by atoms with Crippen molar-refractivity contribution in [1.82, 2.24) is 15.5 Å². The standard InChI is InChI=1S/C16H22N4O4/c1-2-14(21)19-12-4-3-5-13(10-12)24-11-15(22)17-6-8-20-9-7-18-16(20)23/h3-5,10H,2,6-9,11H2,1H3,(H,17,22)(H,18,23)(H,19,21). The highest BCUT2D eigenvalue weighted by atomic mass is 16.5. The van der Waals surface area contributed by atoms with E-state index in [1.165, 1.54) is 0 Å². The highest BCUT2D eigenvalue weighted by molar-refractivity contribution is 5.90. The van der Waals surface area contributed by atoms with Crippen LogP contribution in [-0.2, 0) is 9.59 Å². The van der Waals surface area contributed by atoms with E-state index in [9.17, 15) is 14.4 Å². The van der Waals surface area contributed by atoms with E-state index in [0.717, 1.165) is 0 Å². The summed E-state index contributed by atoms with van der Waals surface area (Å²) in [7, 11) is 0. The first-order chi connectivity index (χ1) is 11.6. The van der Waals surface area contributed by atoms with Crippen LogP contribution in [0.5, 0.6) is 5.75 Å². The Kier molecular flexibility index (Phi) is 6.41. The molecule has 24 heavy (non-hydrogen) atoms. The summed E-state index contributed by atoms with van der Waals surface area (Å²) in [4.78, 5) is 36.1. The topological polar surface area (TPSA) is 99.8 Å². The van der Waals surface area contributed by atoms with E-state index < -0.39 is 0 Å². The lowest BCUT2D eigenvalue weighted by Crippen LogP contribution is -2.38. The molecule has 1 fully saturated rings. The number of nitrogens with zero attached hydrogens (tertiary/aromatic N) is 1. The fraction of sp³-hybridized carbons (Fsp3) is 0.438. The summed E-state index contributed by atoms with van der Waals surface area (Å²) >= 11 is 0. The predicted molar refractivity (Wildman–Crippen MR) is 88.8 cm³/mol. The molecule has 0 radical (unpaired) electrons. The number of ether oxygens (including phenoxy) is 1. The Morgan fingerprint density at radius 3 is 2.88 bits per heavy atom. The van der Waals surface area contributed by atoms with Gasteiger partial charge in [0.1, 0.15) is 5.75 Å². The lowest BCUT2D eigenvalue weighted by atomic mass is 10.3. The molecule has 1 aromatic carbocycles. The zero-order valence-corrected chi connectivity index (χ0v) is 13.6. The summed E-state index contributed by atoms with van der Waals surface area (Å²) in [6, 6.07) is 6.76.